The molecule has 3 N–H and O–H groups in total. The number of carbonyl (C=O) groups is 2. The van der Waals surface area contributed by atoms with Crippen LogP contribution in [0.5, 0.6) is 0 Å². The summed E-state index contributed by atoms with van der Waals surface area (Å²) in [5, 5.41) is 14.5. The molecule has 0 atom stereocenters. The van der Waals surface area contributed by atoms with E-state index in [0.29, 0.717) is 24.1 Å². The minimum absolute atomic E-state index is 0.264. The Morgan fingerprint density at radius 2 is 2.10 bits per heavy atom. The summed E-state index contributed by atoms with van der Waals surface area (Å²) in [5.74, 6) is -1.03. The fraction of sp³-hybridized carbons (Fsp3) is 0.500. The Morgan fingerprint density at radius 1 is 1.40 bits per heavy atom. The monoisotopic (exact) mass is 318 g/mol. The van der Waals surface area contributed by atoms with E-state index >= 15 is 0 Å². The molecule has 110 valence electrons. The van der Waals surface area contributed by atoms with Crippen molar-refractivity contribution < 1.29 is 19.4 Å². The fourth-order valence-corrected chi connectivity index (χ4v) is 3.02. The van der Waals surface area contributed by atoms with Gasteiger partial charge in [0.25, 0.3) is 0 Å². The van der Waals surface area contributed by atoms with Gasteiger partial charge in [-0.25, -0.2) is 9.59 Å². The van der Waals surface area contributed by atoms with Crippen LogP contribution >= 0.6 is 22.9 Å². The topological polar surface area (TPSA) is 87.7 Å². The van der Waals surface area contributed by atoms with Crippen LogP contribution in [0.15, 0.2) is 12.1 Å². The Kier molecular flexibility index (Phi) is 4.85. The highest BCUT2D eigenvalue weighted by Crippen LogP contribution is 2.22. The van der Waals surface area contributed by atoms with Gasteiger partial charge in [0.1, 0.15) is 5.54 Å². The van der Waals surface area contributed by atoms with Crippen LogP contribution in [0.4, 0.5) is 4.79 Å². The molecule has 0 spiro atoms. The lowest BCUT2D eigenvalue weighted by Gasteiger charge is -2.33. The van der Waals surface area contributed by atoms with E-state index in [1.807, 2.05) is 6.07 Å². The normalized spacial score (nSPS) is 17.4. The van der Waals surface area contributed by atoms with Crippen LogP contribution in [0, 0.1) is 0 Å². The third-order valence-corrected chi connectivity index (χ3v) is 4.39. The van der Waals surface area contributed by atoms with E-state index in [1.54, 1.807) is 6.07 Å². The van der Waals surface area contributed by atoms with Gasteiger partial charge in [-0.3, -0.25) is 0 Å². The lowest BCUT2D eigenvalue weighted by atomic mass is 9.90. The van der Waals surface area contributed by atoms with E-state index in [2.05, 4.69) is 10.6 Å². The van der Waals surface area contributed by atoms with E-state index in [9.17, 15) is 14.7 Å². The van der Waals surface area contributed by atoms with Crippen LogP contribution in [0.25, 0.3) is 0 Å². The van der Waals surface area contributed by atoms with E-state index < -0.39 is 17.5 Å². The molecule has 20 heavy (non-hydrogen) atoms. The first-order valence-electron chi connectivity index (χ1n) is 6.13. The van der Waals surface area contributed by atoms with Crippen molar-refractivity contribution in [2.24, 2.45) is 0 Å². The summed E-state index contributed by atoms with van der Waals surface area (Å²) in [4.78, 5) is 24.1. The van der Waals surface area contributed by atoms with Gasteiger partial charge < -0.3 is 20.5 Å². The van der Waals surface area contributed by atoms with Crippen LogP contribution < -0.4 is 10.6 Å². The minimum Gasteiger partial charge on any atom is -0.480 e. The molecule has 2 rings (SSSR count). The molecule has 1 aliphatic heterocycles. The predicted molar refractivity (Wildman–Crippen MR) is 75.1 cm³/mol. The lowest BCUT2D eigenvalue weighted by Crippen LogP contribution is -2.59. The molecular weight excluding hydrogens is 304 g/mol. The molecule has 1 aromatic heterocycles. The van der Waals surface area contributed by atoms with Crippen LogP contribution in [0.2, 0.25) is 4.34 Å². The largest absolute Gasteiger partial charge is 0.480 e. The number of thiophene rings is 1. The second-order valence-electron chi connectivity index (χ2n) is 4.51. The standard InChI is InChI=1S/C12H15ClN2O4S/c13-9-2-1-8(20-9)7-14-11(18)15-12(10(16)17)3-5-19-6-4-12/h1-2H,3-7H2,(H,16,17)(H2,14,15,18). The number of amides is 2. The Labute approximate surface area is 125 Å². The highest BCUT2D eigenvalue weighted by molar-refractivity contribution is 7.16. The number of urea groups is 1. The van der Waals surface area contributed by atoms with Crippen LogP contribution in [-0.4, -0.2) is 35.9 Å². The summed E-state index contributed by atoms with van der Waals surface area (Å²) in [6, 6.07) is 3.06. The van der Waals surface area contributed by atoms with Crippen LogP contribution in [-0.2, 0) is 16.1 Å². The molecule has 0 unspecified atom stereocenters. The maximum atomic E-state index is 11.8. The molecule has 1 fully saturated rings. The molecule has 0 saturated carbocycles. The number of carboxylic acids is 1. The van der Waals surface area contributed by atoms with Gasteiger partial charge in [0, 0.05) is 30.9 Å². The molecule has 0 aliphatic carbocycles. The Morgan fingerprint density at radius 3 is 2.65 bits per heavy atom. The molecule has 0 aromatic carbocycles. The molecule has 1 aromatic rings. The molecule has 2 amide bonds. The average molecular weight is 319 g/mol. The van der Waals surface area contributed by atoms with Crippen molar-refractivity contribution in [1.29, 1.82) is 0 Å². The number of ether oxygens (including phenoxy) is 1. The number of halogens is 1. The summed E-state index contributed by atoms with van der Waals surface area (Å²) >= 11 is 7.16. The van der Waals surface area contributed by atoms with Crippen LogP contribution in [0.1, 0.15) is 17.7 Å². The minimum atomic E-state index is -1.24. The summed E-state index contributed by atoms with van der Waals surface area (Å²) < 4.78 is 5.79. The van der Waals surface area contributed by atoms with Gasteiger partial charge in [0.15, 0.2) is 0 Å². The third kappa shape index (κ3) is 3.62. The van der Waals surface area contributed by atoms with E-state index in [-0.39, 0.29) is 12.8 Å². The fourth-order valence-electron chi connectivity index (χ4n) is 1.99. The van der Waals surface area contributed by atoms with Crippen molar-refractivity contribution in [2.75, 3.05) is 13.2 Å². The molecule has 6 nitrogen and oxygen atoms in total. The van der Waals surface area contributed by atoms with Gasteiger partial charge in [-0.15, -0.1) is 11.3 Å². The number of carboxylic acid groups (broad SMARTS) is 1. The summed E-state index contributed by atoms with van der Waals surface area (Å²) in [6.07, 6.45) is 0.529. The number of hydrogen-bond acceptors (Lipinski definition) is 4. The Balaban J connectivity index is 1.90. The highest BCUT2D eigenvalue weighted by atomic mass is 35.5. The van der Waals surface area contributed by atoms with Crippen molar-refractivity contribution in [1.82, 2.24) is 10.6 Å². The number of aliphatic carboxylic acids is 1. The van der Waals surface area contributed by atoms with Crippen molar-refractivity contribution in [3.63, 3.8) is 0 Å². The highest BCUT2D eigenvalue weighted by Gasteiger charge is 2.41. The van der Waals surface area contributed by atoms with Crippen molar-refractivity contribution in [2.45, 2.75) is 24.9 Å². The third-order valence-electron chi connectivity index (χ3n) is 3.16. The zero-order chi connectivity index (χ0) is 14.6. The Hall–Kier alpha value is -1.31. The van der Waals surface area contributed by atoms with Crippen molar-refractivity contribution >= 4 is 34.9 Å². The quantitative estimate of drug-likeness (QED) is 0.790. The average Bonchev–Trinajstić information content (AvgIpc) is 2.83. The molecule has 1 aliphatic rings. The van der Waals surface area contributed by atoms with Crippen molar-refractivity contribution in [3.05, 3.63) is 21.3 Å². The van der Waals surface area contributed by atoms with Gasteiger partial charge in [-0.05, 0) is 12.1 Å². The van der Waals surface area contributed by atoms with Gasteiger partial charge in [0.05, 0.1) is 10.9 Å². The molecule has 1 saturated heterocycles. The van der Waals surface area contributed by atoms with E-state index in [4.69, 9.17) is 16.3 Å². The molecule has 0 bridgehead atoms. The first kappa shape index (κ1) is 15.1. The maximum Gasteiger partial charge on any atom is 0.329 e. The Bertz CT molecular complexity index is 499. The van der Waals surface area contributed by atoms with Gasteiger partial charge in [0.2, 0.25) is 0 Å². The maximum absolute atomic E-state index is 11.8. The second kappa shape index (κ2) is 6.43. The summed E-state index contributed by atoms with van der Waals surface area (Å²) in [6.45, 7) is 0.968. The zero-order valence-corrected chi connectivity index (χ0v) is 12.2. The van der Waals surface area contributed by atoms with Gasteiger partial charge in [-0.2, -0.15) is 0 Å². The van der Waals surface area contributed by atoms with Crippen molar-refractivity contribution in [3.8, 4) is 0 Å². The first-order chi connectivity index (χ1) is 9.52. The SMILES string of the molecule is O=C(NCc1ccc(Cl)s1)NC1(C(=O)O)CCOCC1. The van der Waals surface area contributed by atoms with Crippen LogP contribution in [0.3, 0.4) is 0 Å². The predicted octanol–water partition coefficient (Wildman–Crippen LogP) is 1.83. The lowest BCUT2D eigenvalue weighted by molar-refractivity contribution is -0.148. The zero-order valence-electron chi connectivity index (χ0n) is 10.6. The summed E-state index contributed by atoms with van der Waals surface area (Å²) in [5.41, 5.74) is -1.24. The number of rotatable bonds is 4. The molecule has 0 radical (unpaired) electrons. The molecular formula is C12H15ClN2O4S. The molecule has 8 heteroatoms. The number of carbonyl (C=O) groups excluding carboxylic acids is 1. The van der Waals surface area contributed by atoms with Gasteiger partial charge in [-0.1, -0.05) is 11.6 Å². The summed E-state index contributed by atoms with van der Waals surface area (Å²) in [7, 11) is 0. The molecule has 2 heterocycles. The van der Waals surface area contributed by atoms with Gasteiger partial charge >= 0.3 is 12.0 Å². The van der Waals surface area contributed by atoms with E-state index in [1.165, 1.54) is 11.3 Å². The second-order valence-corrected chi connectivity index (χ2v) is 6.31. The number of hydrogen-bond donors (Lipinski definition) is 3. The van der Waals surface area contributed by atoms with E-state index in [0.717, 1.165) is 4.88 Å². The number of nitrogens with one attached hydrogen (secondary N) is 2. The smallest absolute Gasteiger partial charge is 0.329 e. The first-order valence-corrected chi connectivity index (χ1v) is 7.33.